The van der Waals surface area contributed by atoms with Crippen molar-refractivity contribution in [2.24, 2.45) is 5.92 Å². The molecule has 1 saturated heterocycles. The van der Waals surface area contributed by atoms with Crippen molar-refractivity contribution in [3.63, 3.8) is 0 Å². The fraction of sp³-hybridized carbons (Fsp3) is 0.385. The van der Waals surface area contributed by atoms with Gasteiger partial charge in [0.2, 0.25) is 5.91 Å². The minimum absolute atomic E-state index is 0.00427. The van der Waals surface area contributed by atoms with Crippen LogP contribution in [0.3, 0.4) is 0 Å². The summed E-state index contributed by atoms with van der Waals surface area (Å²) >= 11 is 0. The lowest BCUT2D eigenvalue weighted by Crippen LogP contribution is -2.39. The molecule has 0 saturated carbocycles. The Kier molecular flexibility index (Phi) is 6.77. The highest BCUT2D eigenvalue weighted by molar-refractivity contribution is 6.02. The van der Waals surface area contributed by atoms with Crippen LogP contribution in [0.1, 0.15) is 48.7 Å². The molecule has 3 N–H and O–H groups in total. The molecule has 1 aromatic heterocycles. The van der Waals surface area contributed by atoms with Gasteiger partial charge in [0.15, 0.2) is 5.82 Å². The molecule has 1 aliphatic carbocycles. The number of benzene rings is 1. The van der Waals surface area contributed by atoms with Gasteiger partial charge in [0.25, 0.3) is 5.91 Å². The zero-order valence-electron chi connectivity index (χ0n) is 19.9. The SMILES string of the molecule is CC1CC(CC(=O)NC2CCOCC2)=CC=C1Nc1nc(-c2c(F)cccc2F)nc2c1C(=O)NC2. The monoisotopic (exact) mass is 495 g/mol. The first-order valence-corrected chi connectivity index (χ1v) is 12.1. The van der Waals surface area contributed by atoms with Crippen molar-refractivity contribution in [1.29, 1.82) is 0 Å². The van der Waals surface area contributed by atoms with Gasteiger partial charge in [0.1, 0.15) is 23.0 Å². The number of fused-ring (bicyclic) bond motifs is 1. The fourth-order valence-electron chi connectivity index (χ4n) is 4.74. The van der Waals surface area contributed by atoms with E-state index >= 15 is 0 Å². The summed E-state index contributed by atoms with van der Waals surface area (Å²) in [7, 11) is 0. The number of anilines is 1. The van der Waals surface area contributed by atoms with Gasteiger partial charge in [-0.05, 0) is 43.4 Å². The second-order valence-corrected chi connectivity index (χ2v) is 9.30. The number of amides is 2. The van der Waals surface area contributed by atoms with E-state index < -0.39 is 11.6 Å². The summed E-state index contributed by atoms with van der Waals surface area (Å²) in [6, 6.07) is 3.71. The highest BCUT2D eigenvalue weighted by atomic mass is 19.1. The van der Waals surface area contributed by atoms with Gasteiger partial charge in [0, 0.05) is 31.4 Å². The number of nitrogens with one attached hydrogen (secondary N) is 3. The number of hydrogen-bond acceptors (Lipinski definition) is 6. The third kappa shape index (κ3) is 4.99. The second-order valence-electron chi connectivity index (χ2n) is 9.30. The van der Waals surface area contributed by atoms with Crippen molar-refractivity contribution >= 4 is 17.6 Å². The highest BCUT2D eigenvalue weighted by Crippen LogP contribution is 2.32. The Labute approximate surface area is 207 Å². The molecular weight excluding hydrogens is 468 g/mol. The van der Waals surface area contributed by atoms with Crippen molar-refractivity contribution in [3.05, 3.63) is 64.5 Å². The van der Waals surface area contributed by atoms with Crippen LogP contribution in [-0.4, -0.2) is 41.0 Å². The molecule has 0 bridgehead atoms. The fourth-order valence-corrected chi connectivity index (χ4v) is 4.74. The van der Waals surface area contributed by atoms with Crippen LogP contribution < -0.4 is 16.0 Å². The Morgan fingerprint density at radius 3 is 2.61 bits per heavy atom. The van der Waals surface area contributed by atoms with Gasteiger partial charge in [0.05, 0.1) is 17.8 Å². The summed E-state index contributed by atoms with van der Waals surface area (Å²) in [5.41, 5.74) is 2.07. The van der Waals surface area contributed by atoms with Crippen molar-refractivity contribution in [3.8, 4) is 11.4 Å². The molecule has 36 heavy (non-hydrogen) atoms. The lowest BCUT2D eigenvalue weighted by molar-refractivity contribution is -0.121. The molecule has 0 spiro atoms. The first-order valence-electron chi connectivity index (χ1n) is 12.1. The van der Waals surface area contributed by atoms with E-state index in [2.05, 4.69) is 25.9 Å². The van der Waals surface area contributed by atoms with Gasteiger partial charge in [-0.25, -0.2) is 18.7 Å². The summed E-state index contributed by atoms with van der Waals surface area (Å²) in [5, 5.41) is 8.96. The van der Waals surface area contributed by atoms with E-state index in [1.54, 1.807) is 0 Å². The quantitative estimate of drug-likeness (QED) is 0.566. The first-order chi connectivity index (χ1) is 17.4. The molecule has 188 valence electrons. The summed E-state index contributed by atoms with van der Waals surface area (Å²) in [6.07, 6.45) is 6.36. The summed E-state index contributed by atoms with van der Waals surface area (Å²) in [4.78, 5) is 33.6. The molecule has 8 nitrogen and oxygen atoms in total. The minimum Gasteiger partial charge on any atom is -0.381 e. The van der Waals surface area contributed by atoms with Crippen LogP contribution in [0.15, 0.2) is 41.6 Å². The number of allylic oxidation sites excluding steroid dienone is 3. The maximum atomic E-state index is 14.4. The molecule has 1 aromatic carbocycles. The van der Waals surface area contributed by atoms with E-state index in [9.17, 15) is 18.4 Å². The second kappa shape index (κ2) is 10.1. The van der Waals surface area contributed by atoms with Crippen LogP contribution in [0.2, 0.25) is 0 Å². The van der Waals surface area contributed by atoms with Gasteiger partial charge < -0.3 is 20.7 Å². The molecule has 2 aromatic rings. The van der Waals surface area contributed by atoms with Gasteiger partial charge in [-0.3, -0.25) is 9.59 Å². The summed E-state index contributed by atoms with van der Waals surface area (Å²) < 4.78 is 34.2. The Balaban J connectivity index is 1.37. The topological polar surface area (TPSA) is 105 Å². The standard InChI is InChI=1S/C26H27F2N5O3/c1-14-11-15(12-21(34)30-16-7-9-36-10-8-16)5-6-19(14)31-25-23-20(13-29-26(23)35)32-24(33-25)22-17(27)3-2-4-18(22)28/h2-6,14,16H,7-13H2,1H3,(H,29,35)(H,30,34)(H,31,32,33). The van der Waals surface area contributed by atoms with Crippen LogP contribution >= 0.6 is 0 Å². The Morgan fingerprint density at radius 2 is 1.89 bits per heavy atom. The Hall–Kier alpha value is -3.66. The zero-order chi connectivity index (χ0) is 25.2. The maximum Gasteiger partial charge on any atom is 0.257 e. The number of carbonyl (C=O) groups is 2. The van der Waals surface area contributed by atoms with Crippen molar-refractivity contribution in [2.75, 3.05) is 18.5 Å². The largest absolute Gasteiger partial charge is 0.381 e. The van der Waals surface area contributed by atoms with Crippen LogP contribution in [0, 0.1) is 17.6 Å². The van der Waals surface area contributed by atoms with E-state index in [-0.39, 0.29) is 53.1 Å². The number of ether oxygens (including phenoxy) is 1. The summed E-state index contributed by atoms with van der Waals surface area (Å²) in [6.45, 7) is 3.48. The van der Waals surface area contributed by atoms with Gasteiger partial charge in [-0.15, -0.1) is 0 Å². The molecule has 2 amide bonds. The van der Waals surface area contributed by atoms with Crippen LogP contribution in [-0.2, 0) is 16.1 Å². The number of nitrogens with zero attached hydrogens (tertiary/aromatic N) is 2. The number of hydrogen-bond donors (Lipinski definition) is 3. The molecule has 2 aliphatic heterocycles. The van der Waals surface area contributed by atoms with Gasteiger partial charge in [-0.1, -0.05) is 24.6 Å². The minimum atomic E-state index is -0.782. The third-order valence-electron chi connectivity index (χ3n) is 6.65. The average molecular weight is 496 g/mol. The lowest BCUT2D eigenvalue weighted by Gasteiger charge is -2.25. The third-order valence-corrected chi connectivity index (χ3v) is 6.65. The molecule has 1 unspecified atom stereocenters. The summed E-state index contributed by atoms with van der Waals surface area (Å²) in [5.74, 6) is -1.85. The molecule has 5 rings (SSSR count). The van der Waals surface area contributed by atoms with Crippen LogP contribution in [0.5, 0.6) is 0 Å². The van der Waals surface area contributed by atoms with E-state index in [1.807, 2.05) is 19.1 Å². The Bertz CT molecular complexity index is 1250. The van der Waals surface area contributed by atoms with Gasteiger partial charge >= 0.3 is 0 Å². The van der Waals surface area contributed by atoms with E-state index in [0.29, 0.717) is 31.7 Å². The molecule has 1 fully saturated rings. The zero-order valence-corrected chi connectivity index (χ0v) is 19.9. The molecule has 3 heterocycles. The molecule has 0 radical (unpaired) electrons. The van der Waals surface area contributed by atoms with E-state index in [0.717, 1.165) is 36.2 Å². The molecular formula is C26H27F2N5O3. The smallest absolute Gasteiger partial charge is 0.257 e. The predicted molar refractivity (Wildman–Crippen MR) is 129 cm³/mol. The van der Waals surface area contributed by atoms with Gasteiger partial charge in [-0.2, -0.15) is 0 Å². The highest BCUT2D eigenvalue weighted by Gasteiger charge is 2.29. The van der Waals surface area contributed by atoms with E-state index in [4.69, 9.17) is 4.74 Å². The molecule has 3 aliphatic rings. The van der Waals surface area contributed by atoms with Crippen LogP contribution in [0.4, 0.5) is 14.6 Å². The average Bonchev–Trinajstić information content (AvgIpc) is 3.22. The maximum absolute atomic E-state index is 14.4. The number of aromatic nitrogens is 2. The number of rotatable bonds is 6. The molecule has 10 heteroatoms. The number of carbonyl (C=O) groups excluding carboxylic acids is 2. The van der Waals surface area contributed by atoms with Crippen molar-refractivity contribution < 1.29 is 23.1 Å². The van der Waals surface area contributed by atoms with E-state index in [1.165, 1.54) is 6.07 Å². The normalized spacial score (nSPS) is 19.8. The number of halogens is 2. The predicted octanol–water partition coefficient (Wildman–Crippen LogP) is 3.61. The Morgan fingerprint density at radius 1 is 1.14 bits per heavy atom. The van der Waals surface area contributed by atoms with Crippen molar-refractivity contribution in [2.45, 2.75) is 45.2 Å². The lowest BCUT2D eigenvalue weighted by atomic mass is 9.90. The van der Waals surface area contributed by atoms with Crippen LogP contribution in [0.25, 0.3) is 11.4 Å². The molecule has 1 atom stereocenters. The van der Waals surface area contributed by atoms with Crippen molar-refractivity contribution in [1.82, 2.24) is 20.6 Å². The first kappa shape index (κ1) is 24.1.